The van der Waals surface area contributed by atoms with Gasteiger partial charge >= 0.3 is 0 Å². The van der Waals surface area contributed by atoms with Gasteiger partial charge in [-0.15, -0.1) is 6.58 Å². The highest BCUT2D eigenvalue weighted by Gasteiger charge is 2.07. The van der Waals surface area contributed by atoms with Crippen LogP contribution in [0, 0.1) is 13.8 Å². The third kappa shape index (κ3) is 4.99. The Bertz CT molecular complexity index is 1050. The second-order valence-electron chi connectivity index (χ2n) is 6.83. The van der Waals surface area contributed by atoms with Crippen LogP contribution in [0.2, 0.25) is 0 Å². The zero-order valence-corrected chi connectivity index (χ0v) is 16.6. The van der Waals surface area contributed by atoms with Crippen LogP contribution in [0.1, 0.15) is 38.4 Å². The molecule has 0 saturated carbocycles. The number of amides is 1. The van der Waals surface area contributed by atoms with Crippen molar-refractivity contribution in [2.45, 2.75) is 26.8 Å². The Kier molecular flexibility index (Phi) is 6.24. The first-order valence-corrected chi connectivity index (χ1v) is 9.33. The van der Waals surface area contributed by atoms with Gasteiger partial charge in [0.15, 0.2) is 0 Å². The molecule has 29 heavy (non-hydrogen) atoms. The highest BCUT2D eigenvalue weighted by atomic mass is 16.3. The summed E-state index contributed by atoms with van der Waals surface area (Å²) in [5, 5.41) is 18.6. The molecule has 6 nitrogen and oxygen atoms in total. The van der Waals surface area contributed by atoms with Crippen molar-refractivity contribution < 1.29 is 9.90 Å². The van der Waals surface area contributed by atoms with Crippen molar-refractivity contribution in [1.82, 2.24) is 15.2 Å². The lowest BCUT2D eigenvalue weighted by molar-refractivity contribution is 0.0955. The van der Waals surface area contributed by atoms with Crippen molar-refractivity contribution in [3.8, 4) is 5.75 Å². The van der Waals surface area contributed by atoms with Crippen molar-refractivity contribution in [3.63, 3.8) is 0 Å². The summed E-state index contributed by atoms with van der Waals surface area (Å²) in [6.45, 7) is 8.31. The zero-order chi connectivity index (χ0) is 20.8. The molecular formula is C23H24N4O2. The molecule has 1 amide bonds. The number of nitrogens with one attached hydrogen (secondary N) is 1. The molecule has 6 heteroatoms. The van der Waals surface area contributed by atoms with Crippen LogP contribution in [0.4, 0.5) is 0 Å². The van der Waals surface area contributed by atoms with Gasteiger partial charge in [0.25, 0.3) is 5.91 Å². The predicted octanol–water partition coefficient (Wildman–Crippen LogP) is 3.75. The van der Waals surface area contributed by atoms with Gasteiger partial charge in [-0.05, 0) is 55.7 Å². The average Bonchev–Trinajstić information content (AvgIpc) is 3.02. The van der Waals surface area contributed by atoms with E-state index in [-0.39, 0.29) is 11.7 Å². The van der Waals surface area contributed by atoms with Crippen LogP contribution in [0.15, 0.2) is 66.3 Å². The van der Waals surface area contributed by atoms with Crippen LogP contribution >= 0.6 is 0 Å². The Morgan fingerprint density at radius 3 is 2.66 bits per heavy atom. The van der Waals surface area contributed by atoms with Crippen molar-refractivity contribution in [2.24, 2.45) is 5.10 Å². The number of rotatable bonds is 7. The fourth-order valence-electron chi connectivity index (χ4n) is 3.03. The summed E-state index contributed by atoms with van der Waals surface area (Å²) in [5.41, 5.74) is 7.42. The Labute approximate surface area is 170 Å². The maximum Gasteiger partial charge on any atom is 0.271 e. The molecule has 2 N–H and O–H groups in total. The number of hydrogen-bond donors (Lipinski definition) is 2. The highest BCUT2D eigenvalue weighted by Crippen LogP contribution is 2.21. The quantitative estimate of drug-likeness (QED) is 0.368. The molecule has 1 heterocycles. The molecule has 3 aromatic rings. The fraction of sp³-hybridized carbons (Fsp3) is 0.174. The summed E-state index contributed by atoms with van der Waals surface area (Å²) in [5.74, 6) is -0.181. The van der Waals surface area contributed by atoms with Crippen molar-refractivity contribution in [1.29, 1.82) is 0 Å². The summed E-state index contributed by atoms with van der Waals surface area (Å²) < 4.78 is 1.93. The molecular weight excluding hydrogens is 364 g/mol. The number of para-hydroxylation sites is 1. The molecule has 0 saturated heterocycles. The number of benzene rings is 2. The van der Waals surface area contributed by atoms with Gasteiger partial charge in [0.05, 0.1) is 18.5 Å². The molecule has 1 aromatic heterocycles. The second-order valence-corrected chi connectivity index (χ2v) is 6.83. The van der Waals surface area contributed by atoms with Crippen molar-refractivity contribution in [2.75, 3.05) is 0 Å². The molecule has 0 aliphatic carbocycles. The van der Waals surface area contributed by atoms with Crippen LogP contribution < -0.4 is 5.43 Å². The van der Waals surface area contributed by atoms with Crippen molar-refractivity contribution >= 4 is 12.1 Å². The minimum absolute atomic E-state index is 0.138. The third-order valence-corrected chi connectivity index (χ3v) is 4.54. The summed E-state index contributed by atoms with van der Waals surface area (Å²) in [6, 6.07) is 14.7. The molecule has 0 atom stereocenters. The van der Waals surface area contributed by atoms with Crippen molar-refractivity contribution in [3.05, 3.63) is 94.8 Å². The predicted molar refractivity (Wildman–Crippen MR) is 114 cm³/mol. The van der Waals surface area contributed by atoms with E-state index in [0.29, 0.717) is 24.1 Å². The molecule has 0 bridgehead atoms. The number of aromatic hydroxyl groups is 1. The first kappa shape index (κ1) is 20.1. The average molecular weight is 388 g/mol. The van der Waals surface area contributed by atoms with Gasteiger partial charge in [-0.25, -0.2) is 5.43 Å². The molecule has 148 valence electrons. The number of aryl methyl sites for hydroxylation is 2. The van der Waals surface area contributed by atoms with E-state index in [1.807, 2.05) is 48.9 Å². The van der Waals surface area contributed by atoms with E-state index in [2.05, 4.69) is 22.2 Å². The number of allylic oxidation sites excluding steroid dienone is 1. The van der Waals surface area contributed by atoms with E-state index < -0.39 is 0 Å². The fourth-order valence-corrected chi connectivity index (χ4v) is 3.03. The SMILES string of the molecule is C=CCc1cccc(/C=N/NC(=O)c2ccc(Cn3nc(C)cc3C)cc2)c1O. The van der Waals surface area contributed by atoms with E-state index >= 15 is 0 Å². The second kappa shape index (κ2) is 9.01. The number of aromatic nitrogens is 2. The summed E-state index contributed by atoms with van der Waals surface area (Å²) >= 11 is 0. The van der Waals surface area contributed by atoms with E-state index in [1.165, 1.54) is 6.21 Å². The summed E-state index contributed by atoms with van der Waals surface area (Å²) in [7, 11) is 0. The molecule has 2 aromatic carbocycles. The first-order valence-electron chi connectivity index (χ1n) is 9.33. The van der Waals surface area contributed by atoms with Gasteiger partial charge in [0.1, 0.15) is 5.75 Å². The van der Waals surface area contributed by atoms with E-state index in [0.717, 1.165) is 22.5 Å². The molecule has 3 rings (SSSR count). The van der Waals surface area contributed by atoms with E-state index in [4.69, 9.17) is 0 Å². The van der Waals surface area contributed by atoms with Crippen LogP contribution in [0.5, 0.6) is 5.75 Å². The highest BCUT2D eigenvalue weighted by molar-refractivity contribution is 5.95. The number of hydrazone groups is 1. The largest absolute Gasteiger partial charge is 0.507 e. The monoisotopic (exact) mass is 388 g/mol. The minimum Gasteiger partial charge on any atom is -0.507 e. The lowest BCUT2D eigenvalue weighted by Gasteiger charge is -2.06. The molecule has 0 aliphatic rings. The lowest BCUT2D eigenvalue weighted by Crippen LogP contribution is -2.17. The third-order valence-electron chi connectivity index (χ3n) is 4.54. The van der Waals surface area contributed by atoms with Gasteiger partial charge in [-0.1, -0.05) is 30.3 Å². The number of nitrogens with zero attached hydrogens (tertiary/aromatic N) is 3. The minimum atomic E-state index is -0.319. The molecule has 0 unspecified atom stereocenters. The molecule has 0 radical (unpaired) electrons. The van der Waals surface area contributed by atoms with Gasteiger partial charge in [-0.2, -0.15) is 10.2 Å². The Morgan fingerprint density at radius 1 is 1.24 bits per heavy atom. The van der Waals surface area contributed by atoms with Crippen LogP contribution in [-0.4, -0.2) is 27.0 Å². The maximum atomic E-state index is 12.3. The summed E-state index contributed by atoms with van der Waals surface area (Å²) in [4.78, 5) is 12.3. The topological polar surface area (TPSA) is 79.5 Å². The van der Waals surface area contributed by atoms with Crippen LogP contribution in [-0.2, 0) is 13.0 Å². The number of carbonyl (C=O) groups excluding carboxylic acids is 1. The van der Waals surface area contributed by atoms with Gasteiger partial charge in [-0.3, -0.25) is 9.48 Å². The summed E-state index contributed by atoms with van der Waals surface area (Å²) in [6.07, 6.45) is 3.71. The molecule has 0 spiro atoms. The zero-order valence-electron chi connectivity index (χ0n) is 16.6. The van der Waals surface area contributed by atoms with Gasteiger partial charge < -0.3 is 5.11 Å². The number of phenols is 1. The maximum absolute atomic E-state index is 12.3. The Balaban J connectivity index is 1.62. The van der Waals surface area contributed by atoms with Crippen LogP contribution in [0.25, 0.3) is 0 Å². The molecule has 0 fully saturated rings. The van der Waals surface area contributed by atoms with E-state index in [9.17, 15) is 9.90 Å². The van der Waals surface area contributed by atoms with Crippen LogP contribution in [0.3, 0.4) is 0 Å². The Hall–Kier alpha value is -3.67. The lowest BCUT2D eigenvalue weighted by atomic mass is 10.1. The van der Waals surface area contributed by atoms with E-state index in [1.54, 1.807) is 24.3 Å². The van der Waals surface area contributed by atoms with Gasteiger partial charge in [0, 0.05) is 16.8 Å². The number of phenolic OH excluding ortho intramolecular Hbond substituents is 1. The normalized spacial score (nSPS) is 11.0. The molecule has 0 aliphatic heterocycles. The standard InChI is InChI=1S/C23H24N4O2/c1-4-6-19-7-5-8-21(22(19)28)14-24-25-23(29)20-11-9-18(10-12-20)15-27-17(3)13-16(2)26-27/h4-5,7-14,28H,1,6,15H2,2-3H3,(H,25,29)/b24-14+. The smallest absolute Gasteiger partial charge is 0.271 e. The van der Waals surface area contributed by atoms with Gasteiger partial charge in [0.2, 0.25) is 0 Å². The Morgan fingerprint density at radius 2 is 2.00 bits per heavy atom. The number of hydrogen-bond acceptors (Lipinski definition) is 4. The first-order chi connectivity index (χ1) is 14.0. The number of carbonyl (C=O) groups is 1.